The smallest absolute Gasteiger partial charge is 0.408 e. The molecular formula is C33H47N3O4. The van der Waals surface area contributed by atoms with Crippen molar-refractivity contribution in [1.29, 1.82) is 0 Å². The topological polar surface area (TPSA) is 87.7 Å². The van der Waals surface area contributed by atoms with E-state index in [4.69, 9.17) is 4.74 Å². The van der Waals surface area contributed by atoms with Gasteiger partial charge in [0.25, 0.3) is 5.91 Å². The number of hydrogen-bond donors (Lipinski definition) is 2. The second-order valence-corrected chi connectivity index (χ2v) is 11.6. The summed E-state index contributed by atoms with van der Waals surface area (Å²) in [6, 6.07) is 13.3. The first kappa shape index (κ1) is 32.6. The molecule has 2 rings (SSSR count). The molecule has 0 aliphatic rings. The Morgan fingerprint density at radius 3 is 2.35 bits per heavy atom. The minimum Gasteiger partial charge on any atom is -0.444 e. The number of para-hydroxylation sites is 1. The van der Waals surface area contributed by atoms with Crippen molar-refractivity contribution >= 4 is 29.7 Å². The largest absolute Gasteiger partial charge is 0.444 e. The van der Waals surface area contributed by atoms with Crippen molar-refractivity contribution in [1.82, 2.24) is 10.2 Å². The van der Waals surface area contributed by atoms with Gasteiger partial charge in [0.05, 0.1) is 0 Å². The number of carbonyl (C=O) groups excluding carboxylic acids is 3. The van der Waals surface area contributed by atoms with E-state index in [9.17, 15) is 14.4 Å². The van der Waals surface area contributed by atoms with Crippen LogP contribution in [0.2, 0.25) is 0 Å². The molecule has 0 saturated carbocycles. The molecule has 2 aromatic rings. The molecule has 218 valence electrons. The number of hydrogen-bond acceptors (Lipinski definition) is 4. The van der Waals surface area contributed by atoms with Crippen molar-refractivity contribution < 1.29 is 19.1 Å². The molecule has 0 aliphatic heterocycles. The summed E-state index contributed by atoms with van der Waals surface area (Å²) in [5, 5.41) is 5.85. The van der Waals surface area contributed by atoms with E-state index >= 15 is 0 Å². The monoisotopic (exact) mass is 549 g/mol. The summed E-state index contributed by atoms with van der Waals surface area (Å²) in [5.74, 6) is -0.518. The first-order valence-electron chi connectivity index (χ1n) is 14.2. The van der Waals surface area contributed by atoms with Gasteiger partial charge in [-0.2, -0.15) is 0 Å². The number of ether oxygens (including phenoxy) is 1. The summed E-state index contributed by atoms with van der Waals surface area (Å²) in [4.78, 5) is 42.8. The minimum atomic E-state index is -0.918. The summed E-state index contributed by atoms with van der Waals surface area (Å²) in [6.45, 7) is 17.6. The van der Waals surface area contributed by atoms with E-state index in [1.54, 1.807) is 31.7 Å². The second kappa shape index (κ2) is 15.2. The number of carbonyl (C=O) groups is 3. The van der Waals surface area contributed by atoms with Crippen molar-refractivity contribution in [2.45, 2.75) is 91.8 Å². The lowest BCUT2D eigenvalue weighted by molar-refractivity contribution is -0.141. The summed E-state index contributed by atoms with van der Waals surface area (Å²) < 4.78 is 5.48. The molecule has 2 aromatic carbocycles. The highest BCUT2D eigenvalue weighted by Crippen LogP contribution is 2.28. The average molecular weight is 550 g/mol. The van der Waals surface area contributed by atoms with Crippen LogP contribution < -0.4 is 10.6 Å². The predicted octanol–water partition coefficient (Wildman–Crippen LogP) is 7.28. The van der Waals surface area contributed by atoms with E-state index in [0.717, 1.165) is 30.4 Å². The molecule has 0 aliphatic carbocycles. The van der Waals surface area contributed by atoms with Crippen LogP contribution in [0.1, 0.15) is 90.0 Å². The predicted molar refractivity (Wildman–Crippen MR) is 163 cm³/mol. The number of nitrogens with one attached hydrogen (secondary N) is 2. The molecule has 0 heterocycles. The van der Waals surface area contributed by atoms with Crippen LogP contribution in [0.25, 0.3) is 6.08 Å². The van der Waals surface area contributed by atoms with Gasteiger partial charge in [-0.3, -0.25) is 9.59 Å². The van der Waals surface area contributed by atoms with Gasteiger partial charge in [-0.05, 0) is 75.3 Å². The molecule has 3 amide bonds. The molecule has 40 heavy (non-hydrogen) atoms. The molecular weight excluding hydrogens is 502 g/mol. The summed E-state index contributed by atoms with van der Waals surface area (Å²) in [5.41, 5.74) is 2.41. The van der Waals surface area contributed by atoms with Crippen LogP contribution in [0, 0.1) is 12.8 Å². The molecule has 7 nitrogen and oxygen atoms in total. The normalized spacial score (nSPS) is 12.8. The number of aryl methyl sites for hydroxylation is 1. The molecule has 2 atom stereocenters. The molecule has 0 spiro atoms. The minimum absolute atomic E-state index is 0.115. The van der Waals surface area contributed by atoms with Crippen LogP contribution >= 0.6 is 0 Å². The first-order valence-corrected chi connectivity index (χ1v) is 14.2. The Morgan fingerprint density at radius 1 is 1.05 bits per heavy atom. The van der Waals surface area contributed by atoms with Gasteiger partial charge in [0, 0.05) is 12.2 Å². The van der Waals surface area contributed by atoms with Crippen LogP contribution in [0.4, 0.5) is 10.5 Å². The lowest BCUT2D eigenvalue weighted by Crippen LogP contribution is -2.53. The quantitative estimate of drug-likeness (QED) is 0.257. The van der Waals surface area contributed by atoms with Crippen LogP contribution in [-0.4, -0.2) is 41.0 Å². The lowest BCUT2D eigenvalue weighted by atomic mass is 9.97. The lowest BCUT2D eigenvalue weighted by Gasteiger charge is -2.35. The van der Waals surface area contributed by atoms with Crippen molar-refractivity contribution in [2.24, 2.45) is 5.92 Å². The van der Waals surface area contributed by atoms with Gasteiger partial charge in [-0.1, -0.05) is 82.7 Å². The summed E-state index contributed by atoms with van der Waals surface area (Å²) in [7, 11) is 0. The Kier molecular flexibility index (Phi) is 12.4. The van der Waals surface area contributed by atoms with E-state index in [0.29, 0.717) is 24.2 Å². The summed E-state index contributed by atoms with van der Waals surface area (Å²) >= 11 is 0. The third-order valence-corrected chi connectivity index (χ3v) is 6.41. The number of benzene rings is 2. The zero-order chi connectivity index (χ0) is 29.9. The van der Waals surface area contributed by atoms with Crippen LogP contribution in [0.5, 0.6) is 0 Å². The zero-order valence-corrected chi connectivity index (χ0v) is 25.3. The third kappa shape index (κ3) is 10.2. The first-order chi connectivity index (χ1) is 18.9. The second-order valence-electron chi connectivity index (χ2n) is 11.6. The van der Waals surface area contributed by atoms with Gasteiger partial charge in [0.1, 0.15) is 17.7 Å². The summed E-state index contributed by atoms with van der Waals surface area (Å²) in [6.07, 6.45) is 4.04. The number of nitrogens with zero attached hydrogens (tertiary/aromatic N) is 1. The molecule has 0 saturated heterocycles. The average Bonchev–Trinajstić information content (AvgIpc) is 2.87. The van der Waals surface area contributed by atoms with Gasteiger partial charge in [0.15, 0.2) is 0 Å². The molecule has 2 unspecified atom stereocenters. The Bertz CT molecular complexity index is 1150. The van der Waals surface area contributed by atoms with E-state index < -0.39 is 23.8 Å². The van der Waals surface area contributed by atoms with Crippen LogP contribution in [0.15, 0.2) is 55.1 Å². The van der Waals surface area contributed by atoms with Gasteiger partial charge in [0.2, 0.25) is 5.91 Å². The molecule has 0 aromatic heterocycles. The maximum Gasteiger partial charge on any atom is 0.408 e. The Labute approximate surface area is 240 Å². The van der Waals surface area contributed by atoms with Crippen molar-refractivity contribution in [3.8, 4) is 0 Å². The molecule has 7 heteroatoms. The molecule has 0 bridgehead atoms. The van der Waals surface area contributed by atoms with E-state index in [1.165, 1.54) is 0 Å². The molecule has 0 fully saturated rings. The van der Waals surface area contributed by atoms with Gasteiger partial charge in [-0.25, -0.2) is 4.79 Å². The number of unbranched alkanes of at least 4 members (excludes halogenated alkanes) is 2. The van der Waals surface area contributed by atoms with Gasteiger partial charge in [-0.15, -0.1) is 0 Å². The number of alkyl carbamates (subject to hydrolysis) is 1. The Hall–Kier alpha value is -3.61. The zero-order valence-electron chi connectivity index (χ0n) is 25.3. The van der Waals surface area contributed by atoms with Gasteiger partial charge < -0.3 is 20.3 Å². The SMILES string of the molecule is C=Cc1cccc(C(C(=O)Nc2ccccc2C)N(CCCCC)C(=O)C(CC(C)C)NC(=O)OC(C)(C)C)c1. The maximum absolute atomic E-state index is 14.3. The maximum atomic E-state index is 14.3. The van der Waals surface area contributed by atoms with E-state index in [2.05, 4.69) is 24.1 Å². The Morgan fingerprint density at radius 2 is 1.75 bits per heavy atom. The molecule has 2 N–H and O–H groups in total. The fraction of sp³-hybridized carbons (Fsp3) is 0.485. The van der Waals surface area contributed by atoms with Crippen molar-refractivity contribution in [3.63, 3.8) is 0 Å². The van der Waals surface area contributed by atoms with E-state index in [1.807, 2.05) is 69.3 Å². The number of anilines is 1. The van der Waals surface area contributed by atoms with Gasteiger partial charge >= 0.3 is 6.09 Å². The van der Waals surface area contributed by atoms with Crippen LogP contribution in [0.3, 0.4) is 0 Å². The van der Waals surface area contributed by atoms with Crippen molar-refractivity contribution in [2.75, 3.05) is 11.9 Å². The van der Waals surface area contributed by atoms with E-state index in [-0.39, 0.29) is 17.7 Å². The fourth-order valence-corrected chi connectivity index (χ4v) is 4.48. The standard InChI is InChI=1S/C33H47N3O4/c1-9-11-14-20-36(31(38)28(21-23(3)4)35-32(39)40-33(6,7)8)29(26-18-15-17-25(10-2)22-26)30(37)34-27-19-13-12-16-24(27)5/h10,12-13,15-19,22-23,28-29H,2,9,11,14,20-21H2,1,3-8H3,(H,34,37)(H,35,39). The molecule has 0 radical (unpaired) electrons. The third-order valence-electron chi connectivity index (χ3n) is 6.41. The Balaban J connectivity index is 2.58. The number of rotatable bonds is 13. The highest BCUT2D eigenvalue weighted by molar-refractivity contribution is 5.99. The highest BCUT2D eigenvalue weighted by Gasteiger charge is 2.36. The highest BCUT2D eigenvalue weighted by atomic mass is 16.6. The fourth-order valence-electron chi connectivity index (χ4n) is 4.48. The van der Waals surface area contributed by atoms with Crippen molar-refractivity contribution in [3.05, 3.63) is 71.8 Å². The van der Waals surface area contributed by atoms with Crippen LogP contribution in [-0.2, 0) is 14.3 Å². The number of amides is 3.